The van der Waals surface area contributed by atoms with Crippen molar-refractivity contribution in [3.8, 4) is 67.5 Å². The lowest BCUT2D eigenvalue weighted by Gasteiger charge is -2.13. The predicted octanol–water partition coefficient (Wildman–Crippen LogP) is 11.0. The van der Waals surface area contributed by atoms with Gasteiger partial charge in [-0.25, -0.2) is 15.0 Å². The molecule has 0 unspecified atom stereocenters. The van der Waals surface area contributed by atoms with E-state index in [0.717, 1.165) is 71.9 Å². The normalized spacial score (nSPS) is 11.2. The van der Waals surface area contributed by atoms with Gasteiger partial charge in [0.25, 0.3) is 0 Å². The Morgan fingerprint density at radius 1 is 0.300 bits per heavy atom. The molecule has 0 saturated carbocycles. The standard InChI is InChI=1S/C45H29N5/c1-4-11-30(12-5-1)36-27-37(31-18-20-32(21-19-31)39-24-26-47-42-40(39)23-22-33-17-10-25-46-41(33)42)29-38(28-36)45-49-43(34-13-6-2-7-14-34)48-44(50-45)35-15-8-3-9-16-35/h1-29H. The minimum Gasteiger partial charge on any atom is -0.254 e. The van der Waals surface area contributed by atoms with Crippen LogP contribution < -0.4 is 0 Å². The molecule has 5 nitrogen and oxygen atoms in total. The van der Waals surface area contributed by atoms with Gasteiger partial charge in [0.15, 0.2) is 17.5 Å². The molecule has 0 bridgehead atoms. The van der Waals surface area contributed by atoms with E-state index in [0.29, 0.717) is 17.5 Å². The molecule has 5 heteroatoms. The minimum atomic E-state index is 0.623. The summed E-state index contributed by atoms with van der Waals surface area (Å²) in [7, 11) is 0. The Kier molecular flexibility index (Phi) is 7.41. The van der Waals surface area contributed by atoms with Gasteiger partial charge in [-0.2, -0.15) is 0 Å². The van der Waals surface area contributed by atoms with Gasteiger partial charge in [-0.3, -0.25) is 9.97 Å². The summed E-state index contributed by atoms with van der Waals surface area (Å²) in [5.74, 6) is 1.90. The minimum absolute atomic E-state index is 0.623. The third-order valence-electron chi connectivity index (χ3n) is 9.01. The van der Waals surface area contributed by atoms with Crippen LogP contribution in [0.3, 0.4) is 0 Å². The fraction of sp³-hybridized carbons (Fsp3) is 0. The van der Waals surface area contributed by atoms with E-state index in [1.165, 1.54) is 0 Å². The second kappa shape index (κ2) is 12.6. The highest BCUT2D eigenvalue weighted by Gasteiger charge is 2.15. The van der Waals surface area contributed by atoms with E-state index in [2.05, 4.69) is 96.0 Å². The van der Waals surface area contributed by atoms with Crippen LogP contribution in [0.15, 0.2) is 176 Å². The van der Waals surface area contributed by atoms with Gasteiger partial charge in [-0.05, 0) is 63.7 Å². The Bertz CT molecular complexity index is 2560. The average Bonchev–Trinajstić information content (AvgIpc) is 3.21. The molecule has 0 radical (unpaired) electrons. The molecule has 0 saturated heterocycles. The fourth-order valence-corrected chi connectivity index (χ4v) is 6.51. The van der Waals surface area contributed by atoms with Crippen molar-refractivity contribution < 1.29 is 0 Å². The second-order valence-corrected chi connectivity index (χ2v) is 12.2. The molecule has 9 rings (SSSR count). The molecule has 3 heterocycles. The van der Waals surface area contributed by atoms with E-state index < -0.39 is 0 Å². The van der Waals surface area contributed by atoms with Crippen molar-refractivity contribution in [1.82, 2.24) is 24.9 Å². The molecular weight excluding hydrogens is 611 g/mol. The van der Waals surface area contributed by atoms with Gasteiger partial charge in [-0.1, -0.05) is 133 Å². The van der Waals surface area contributed by atoms with Crippen molar-refractivity contribution in [2.24, 2.45) is 0 Å². The first kappa shape index (κ1) is 29.3. The van der Waals surface area contributed by atoms with Gasteiger partial charge in [-0.15, -0.1) is 0 Å². The largest absolute Gasteiger partial charge is 0.254 e. The second-order valence-electron chi connectivity index (χ2n) is 12.2. The van der Waals surface area contributed by atoms with Gasteiger partial charge in [0, 0.05) is 39.9 Å². The SMILES string of the molecule is c1ccc(-c2cc(-c3ccc(-c4ccnc5c4ccc4cccnc45)cc3)cc(-c3nc(-c4ccccc4)nc(-c4ccccc4)n3)c2)cc1. The van der Waals surface area contributed by atoms with Crippen LogP contribution in [0.1, 0.15) is 0 Å². The van der Waals surface area contributed by atoms with Crippen molar-refractivity contribution in [2.45, 2.75) is 0 Å². The van der Waals surface area contributed by atoms with Crippen LogP contribution >= 0.6 is 0 Å². The molecule has 0 amide bonds. The Labute approximate surface area is 289 Å². The summed E-state index contributed by atoms with van der Waals surface area (Å²) >= 11 is 0. The Morgan fingerprint density at radius 2 is 0.800 bits per heavy atom. The number of aromatic nitrogens is 5. The molecule has 0 aliphatic heterocycles. The molecule has 6 aromatic carbocycles. The van der Waals surface area contributed by atoms with Crippen LogP contribution in [0, 0.1) is 0 Å². The summed E-state index contributed by atoms with van der Waals surface area (Å²) in [6.07, 6.45) is 3.70. The van der Waals surface area contributed by atoms with Crippen LogP contribution in [-0.4, -0.2) is 24.9 Å². The first-order valence-corrected chi connectivity index (χ1v) is 16.6. The van der Waals surface area contributed by atoms with Crippen LogP contribution in [0.4, 0.5) is 0 Å². The quantitative estimate of drug-likeness (QED) is 0.169. The fourth-order valence-electron chi connectivity index (χ4n) is 6.51. The van der Waals surface area contributed by atoms with E-state index in [-0.39, 0.29) is 0 Å². The third-order valence-corrected chi connectivity index (χ3v) is 9.01. The number of fused-ring (bicyclic) bond motifs is 3. The summed E-state index contributed by atoms with van der Waals surface area (Å²) in [4.78, 5) is 24.3. The zero-order valence-electron chi connectivity index (χ0n) is 27.0. The number of benzene rings is 6. The van der Waals surface area contributed by atoms with Crippen molar-refractivity contribution >= 4 is 21.8 Å². The summed E-state index contributed by atoms with van der Waals surface area (Å²) in [6, 6.07) is 56.3. The van der Waals surface area contributed by atoms with E-state index in [9.17, 15) is 0 Å². The Balaban J connectivity index is 1.18. The lowest BCUT2D eigenvalue weighted by Crippen LogP contribution is -2.00. The summed E-state index contributed by atoms with van der Waals surface area (Å²) in [6.45, 7) is 0. The van der Waals surface area contributed by atoms with Gasteiger partial charge in [0.2, 0.25) is 0 Å². The van der Waals surface area contributed by atoms with E-state index in [1.54, 1.807) is 0 Å². The maximum atomic E-state index is 5.04. The number of rotatable bonds is 6. The summed E-state index contributed by atoms with van der Waals surface area (Å²) in [5, 5.41) is 2.16. The average molecular weight is 640 g/mol. The number of hydrogen-bond donors (Lipinski definition) is 0. The molecule has 0 N–H and O–H groups in total. The highest BCUT2D eigenvalue weighted by atomic mass is 15.0. The summed E-state index contributed by atoms with van der Waals surface area (Å²) in [5.41, 5.74) is 11.2. The Hall–Kier alpha value is -6.85. The molecule has 0 spiro atoms. The van der Waals surface area contributed by atoms with Gasteiger partial charge < -0.3 is 0 Å². The highest BCUT2D eigenvalue weighted by molar-refractivity contribution is 6.08. The molecule has 50 heavy (non-hydrogen) atoms. The van der Waals surface area contributed by atoms with Crippen LogP contribution in [0.5, 0.6) is 0 Å². The van der Waals surface area contributed by atoms with Gasteiger partial charge in [0.05, 0.1) is 11.0 Å². The van der Waals surface area contributed by atoms with Gasteiger partial charge in [0.1, 0.15) is 0 Å². The summed E-state index contributed by atoms with van der Waals surface area (Å²) < 4.78 is 0. The predicted molar refractivity (Wildman–Crippen MR) is 203 cm³/mol. The van der Waals surface area contributed by atoms with Crippen molar-refractivity contribution in [3.63, 3.8) is 0 Å². The van der Waals surface area contributed by atoms with Crippen LogP contribution in [0.2, 0.25) is 0 Å². The van der Waals surface area contributed by atoms with E-state index in [1.807, 2.05) is 85.2 Å². The zero-order chi connectivity index (χ0) is 33.3. The molecule has 0 aliphatic rings. The molecule has 0 atom stereocenters. The number of nitrogens with zero attached hydrogens (tertiary/aromatic N) is 5. The smallest absolute Gasteiger partial charge is 0.164 e. The molecule has 9 aromatic rings. The maximum Gasteiger partial charge on any atom is 0.164 e. The monoisotopic (exact) mass is 639 g/mol. The third kappa shape index (κ3) is 5.57. The molecule has 0 aliphatic carbocycles. The zero-order valence-corrected chi connectivity index (χ0v) is 27.0. The lowest BCUT2D eigenvalue weighted by atomic mass is 9.94. The topological polar surface area (TPSA) is 64.5 Å². The number of pyridine rings is 2. The molecule has 3 aromatic heterocycles. The molecule has 234 valence electrons. The van der Waals surface area contributed by atoms with Crippen molar-refractivity contribution in [2.75, 3.05) is 0 Å². The van der Waals surface area contributed by atoms with Crippen molar-refractivity contribution in [3.05, 3.63) is 176 Å². The van der Waals surface area contributed by atoms with Crippen LogP contribution in [-0.2, 0) is 0 Å². The molecule has 0 fully saturated rings. The highest BCUT2D eigenvalue weighted by Crippen LogP contribution is 2.36. The van der Waals surface area contributed by atoms with Crippen molar-refractivity contribution in [1.29, 1.82) is 0 Å². The van der Waals surface area contributed by atoms with E-state index >= 15 is 0 Å². The Morgan fingerprint density at radius 3 is 1.42 bits per heavy atom. The first-order valence-electron chi connectivity index (χ1n) is 16.6. The van der Waals surface area contributed by atoms with E-state index in [4.69, 9.17) is 19.9 Å². The van der Waals surface area contributed by atoms with Gasteiger partial charge >= 0.3 is 0 Å². The molecular formula is C45H29N5. The van der Waals surface area contributed by atoms with Crippen LogP contribution in [0.25, 0.3) is 89.4 Å². The maximum absolute atomic E-state index is 5.04. The first-order chi connectivity index (χ1) is 24.8. The lowest BCUT2D eigenvalue weighted by molar-refractivity contribution is 1.07. The number of hydrogen-bond acceptors (Lipinski definition) is 5.